The number of hydrogen-bond donors (Lipinski definition) is 2. The van der Waals surface area contributed by atoms with Gasteiger partial charge in [-0.05, 0) is 48.7 Å². The minimum atomic E-state index is -0.0474. The van der Waals surface area contributed by atoms with E-state index in [-0.39, 0.29) is 5.91 Å². The summed E-state index contributed by atoms with van der Waals surface area (Å²) in [6.45, 7) is 4.77. The van der Waals surface area contributed by atoms with Gasteiger partial charge in [0, 0.05) is 24.3 Å². The molecule has 118 valence electrons. The molecule has 0 radical (unpaired) electrons. The summed E-state index contributed by atoms with van der Waals surface area (Å²) in [5.74, 6) is -0.0474. The van der Waals surface area contributed by atoms with Crippen molar-refractivity contribution >= 4 is 17.3 Å². The average Bonchev–Trinajstić information content (AvgIpc) is 2.57. The summed E-state index contributed by atoms with van der Waals surface area (Å²) >= 11 is 0. The van der Waals surface area contributed by atoms with Gasteiger partial charge in [-0.1, -0.05) is 25.1 Å². The van der Waals surface area contributed by atoms with E-state index in [1.54, 1.807) is 24.3 Å². The van der Waals surface area contributed by atoms with Crippen LogP contribution in [0.5, 0.6) is 0 Å². The van der Waals surface area contributed by atoms with Gasteiger partial charge in [0.15, 0.2) is 0 Å². The number of para-hydroxylation sites is 1. The van der Waals surface area contributed by atoms with Crippen LogP contribution < -0.4 is 10.6 Å². The summed E-state index contributed by atoms with van der Waals surface area (Å²) in [6.07, 6.45) is 1.35. The molecular formula is C19H21N3O. The molecule has 0 spiro atoms. The van der Waals surface area contributed by atoms with Gasteiger partial charge in [-0.25, -0.2) is 0 Å². The smallest absolute Gasteiger partial charge is 0.226 e. The number of nitriles is 1. The van der Waals surface area contributed by atoms with E-state index in [4.69, 9.17) is 5.26 Å². The van der Waals surface area contributed by atoms with Gasteiger partial charge in [0.05, 0.1) is 11.6 Å². The Bertz CT molecular complexity index is 714. The maximum absolute atomic E-state index is 12.0. The fourth-order valence-corrected chi connectivity index (χ4v) is 2.43. The van der Waals surface area contributed by atoms with Gasteiger partial charge >= 0.3 is 0 Å². The number of amides is 1. The Balaban J connectivity index is 1.86. The average molecular weight is 307 g/mol. The first-order valence-electron chi connectivity index (χ1n) is 7.76. The molecule has 4 nitrogen and oxygen atoms in total. The van der Waals surface area contributed by atoms with Crippen LogP contribution in [0.1, 0.15) is 30.0 Å². The molecule has 0 unspecified atom stereocenters. The highest BCUT2D eigenvalue weighted by atomic mass is 16.1. The third kappa shape index (κ3) is 4.58. The molecule has 0 aliphatic rings. The van der Waals surface area contributed by atoms with Gasteiger partial charge in [0.2, 0.25) is 5.91 Å². The van der Waals surface area contributed by atoms with Crippen LogP contribution in [0.25, 0.3) is 0 Å². The summed E-state index contributed by atoms with van der Waals surface area (Å²) in [7, 11) is 0. The third-order valence-electron chi connectivity index (χ3n) is 3.69. The predicted molar refractivity (Wildman–Crippen MR) is 93.5 cm³/mol. The van der Waals surface area contributed by atoms with Crippen LogP contribution in [0.4, 0.5) is 11.4 Å². The van der Waals surface area contributed by atoms with Crippen LogP contribution in [-0.4, -0.2) is 12.5 Å². The molecule has 0 aromatic heterocycles. The first-order valence-corrected chi connectivity index (χ1v) is 7.76. The largest absolute Gasteiger partial charge is 0.384 e. The number of nitrogens with one attached hydrogen (secondary N) is 2. The molecule has 0 aliphatic carbocycles. The number of aryl methyl sites for hydroxylation is 2. The molecule has 0 bridgehead atoms. The topological polar surface area (TPSA) is 64.9 Å². The van der Waals surface area contributed by atoms with Crippen LogP contribution in [0.3, 0.4) is 0 Å². The Morgan fingerprint density at radius 1 is 1.17 bits per heavy atom. The second-order valence-corrected chi connectivity index (χ2v) is 5.38. The van der Waals surface area contributed by atoms with Crippen LogP contribution in [-0.2, 0) is 11.2 Å². The van der Waals surface area contributed by atoms with Crippen molar-refractivity contribution in [3.63, 3.8) is 0 Å². The first kappa shape index (κ1) is 16.6. The Labute approximate surface area is 137 Å². The van der Waals surface area contributed by atoms with Crippen molar-refractivity contribution in [1.82, 2.24) is 0 Å². The molecule has 2 aromatic carbocycles. The Hall–Kier alpha value is -2.80. The number of carbonyl (C=O) groups excluding carboxylic acids is 1. The molecule has 1 amide bonds. The Kier molecular flexibility index (Phi) is 5.76. The van der Waals surface area contributed by atoms with Gasteiger partial charge in [0.1, 0.15) is 0 Å². The fraction of sp³-hybridized carbons (Fsp3) is 0.263. The summed E-state index contributed by atoms with van der Waals surface area (Å²) in [5, 5.41) is 15.0. The maximum Gasteiger partial charge on any atom is 0.226 e. The number of hydrogen-bond acceptors (Lipinski definition) is 3. The lowest BCUT2D eigenvalue weighted by Crippen LogP contribution is -2.17. The van der Waals surface area contributed by atoms with E-state index >= 15 is 0 Å². The van der Waals surface area contributed by atoms with Crippen LogP contribution in [0.15, 0.2) is 42.5 Å². The Morgan fingerprint density at radius 3 is 2.57 bits per heavy atom. The number of carbonyl (C=O) groups is 1. The predicted octanol–water partition coefficient (Wildman–Crippen LogP) is 3.87. The van der Waals surface area contributed by atoms with Crippen molar-refractivity contribution in [2.45, 2.75) is 26.7 Å². The molecule has 0 atom stereocenters. The van der Waals surface area contributed by atoms with E-state index in [1.807, 2.05) is 0 Å². The second kappa shape index (κ2) is 8.00. The van der Waals surface area contributed by atoms with Crippen molar-refractivity contribution in [3.05, 3.63) is 59.2 Å². The standard InChI is InChI=1S/C19H21N3O/c1-3-16-6-4-5-14(2)19(16)21-12-11-18(23)22-17-9-7-15(13-20)8-10-17/h4-10,21H,3,11-12H2,1-2H3,(H,22,23). The highest BCUT2D eigenvalue weighted by Gasteiger charge is 2.06. The van der Waals surface area contributed by atoms with E-state index < -0.39 is 0 Å². The zero-order chi connectivity index (χ0) is 16.7. The van der Waals surface area contributed by atoms with Gasteiger partial charge in [0.25, 0.3) is 0 Å². The van der Waals surface area contributed by atoms with E-state index in [0.29, 0.717) is 24.2 Å². The summed E-state index contributed by atoms with van der Waals surface area (Å²) in [6, 6.07) is 15.1. The number of rotatable bonds is 6. The molecule has 2 rings (SSSR count). The lowest BCUT2D eigenvalue weighted by molar-refractivity contribution is -0.115. The molecule has 0 saturated heterocycles. The van der Waals surface area contributed by atoms with Crippen molar-refractivity contribution in [1.29, 1.82) is 5.26 Å². The Morgan fingerprint density at radius 2 is 1.91 bits per heavy atom. The molecule has 4 heteroatoms. The van der Waals surface area contributed by atoms with Crippen LogP contribution in [0, 0.1) is 18.3 Å². The first-order chi connectivity index (χ1) is 11.1. The number of nitrogens with zero attached hydrogens (tertiary/aromatic N) is 1. The van der Waals surface area contributed by atoms with Crippen molar-refractivity contribution < 1.29 is 4.79 Å². The summed E-state index contributed by atoms with van der Waals surface area (Å²) in [4.78, 5) is 12.0. The highest BCUT2D eigenvalue weighted by Crippen LogP contribution is 2.20. The second-order valence-electron chi connectivity index (χ2n) is 5.38. The fourth-order valence-electron chi connectivity index (χ4n) is 2.43. The molecule has 0 saturated carbocycles. The van der Waals surface area contributed by atoms with Crippen molar-refractivity contribution in [3.8, 4) is 6.07 Å². The normalized spacial score (nSPS) is 9.96. The maximum atomic E-state index is 12.0. The van der Waals surface area contributed by atoms with Crippen molar-refractivity contribution in [2.24, 2.45) is 0 Å². The van der Waals surface area contributed by atoms with Crippen molar-refractivity contribution in [2.75, 3.05) is 17.2 Å². The van der Waals surface area contributed by atoms with Gasteiger partial charge in [-0.3, -0.25) is 4.79 Å². The molecule has 23 heavy (non-hydrogen) atoms. The number of benzene rings is 2. The molecule has 2 N–H and O–H groups in total. The van der Waals surface area contributed by atoms with Gasteiger partial charge in [-0.2, -0.15) is 5.26 Å². The summed E-state index contributed by atoms with van der Waals surface area (Å²) in [5.41, 5.74) is 4.87. The van der Waals surface area contributed by atoms with E-state index in [9.17, 15) is 4.79 Å². The minimum Gasteiger partial charge on any atom is -0.384 e. The lowest BCUT2D eigenvalue weighted by atomic mass is 10.1. The molecule has 2 aromatic rings. The lowest BCUT2D eigenvalue weighted by Gasteiger charge is -2.14. The van der Waals surface area contributed by atoms with Gasteiger partial charge < -0.3 is 10.6 Å². The van der Waals surface area contributed by atoms with E-state index in [1.165, 1.54) is 11.1 Å². The highest BCUT2D eigenvalue weighted by molar-refractivity contribution is 5.91. The quantitative estimate of drug-likeness (QED) is 0.851. The van der Waals surface area contributed by atoms with E-state index in [2.05, 4.69) is 48.7 Å². The number of anilines is 2. The minimum absolute atomic E-state index is 0.0474. The SMILES string of the molecule is CCc1cccc(C)c1NCCC(=O)Nc1ccc(C#N)cc1. The summed E-state index contributed by atoms with van der Waals surface area (Å²) < 4.78 is 0. The van der Waals surface area contributed by atoms with E-state index in [0.717, 1.165) is 12.1 Å². The van der Waals surface area contributed by atoms with Gasteiger partial charge in [-0.15, -0.1) is 0 Å². The molecule has 0 fully saturated rings. The molecule has 0 aliphatic heterocycles. The zero-order valence-corrected chi connectivity index (χ0v) is 13.5. The molecule has 0 heterocycles. The van der Waals surface area contributed by atoms with Crippen LogP contribution >= 0.6 is 0 Å². The van der Waals surface area contributed by atoms with Crippen LogP contribution in [0.2, 0.25) is 0 Å². The molecular weight excluding hydrogens is 286 g/mol. The zero-order valence-electron chi connectivity index (χ0n) is 13.5. The third-order valence-corrected chi connectivity index (χ3v) is 3.69. The monoisotopic (exact) mass is 307 g/mol.